The van der Waals surface area contributed by atoms with Gasteiger partial charge in [0.15, 0.2) is 9.84 Å². The van der Waals surface area contributed by atoms with Crippen LogP contribution in [-0.4, -0.2) is 57.0 Å². The first kappa shape index (κ1) is 15.9. The summed E-state index contributed by atoms with van der Waals surface area (Å²) in [6.07, 6.45) is 2.31. The van der Waals surface area contributed by atoms with Gasteiger partial charge in [0.1, 0.15) is 0 Å². The van der Waals surface area contributed by atoms with E-state index in [1.807, 2.05) is 0 Å². The van der Waals surface area contributed by atoms with E-state index in [9.17, 15) is 8.42 Å². The molecule has 0 amide bonds. The third-order valence-corrected chi connectivity index (χ3v) is 5.14. The number of nitrogens with zero attached hydrogens (tertiary/aromatic N) is 1. The van der Waals surface area contributed by atoms with Crippen LogP contribution in [0.2, 0.25) is 0 Å². The summed E-state index contributed by atoms with van der Waals surface area (Å²) >= 11 is 0. The Morgan fingerprint density at radius 3 is 2.33 bits per heavy atom. The van der Waals surface area contributed by atoms with Crippen LogP contribution in [0.4, 0.5) is 0 Å². The van der Waals surface area contributed by atoms with E-state index in [2.05, 4.69) is 31.0 Å². The van der Waals surface area contributed by atoms with Crippen molar-refractivity contribution in [2.75, 3.05) is 37.7 Å². The molecule has 1 saturated heterocycles. The molecular formula is C13H28N2O2S. The van der Waals surface area contributed by atoms with Crippen molar-refractivity contribution in [2.24, 2.45) is 5.92 Å². The SMILES string of the molecule is CC(C)CNCCCC(C)N1CCS(=O)(=O)CC1. The van der Waals surface area contributed by atoms with E-state index in [-0.39, 0.29) is 0 Å². The monoisotopic (exact) mass is 276 g/mol. The van der Waals surface area contributed by atoms with Crippen LogP contribution in [0.3, 0.4) is 0 Å². The molecular weight excluding hydrogens is 248 g/mol. The van der Waals surface area contributed by atoms with Gasteiger partial charge in [-0.25, -0.2) is 8.42 Å². The molecule has 1 fully saturated rings. The third kappa shape index (κ3) is 6.16. The summed E-state index contributed by atoms with van der Waals surface area (Å²) in [5.74, 6) is 1.38. The highest BCUT2D eigenvalue weighted by Gasteiger charge is 2.24. The van der Waals surface area contributed by atoms with Gasteiger partial charge in [0.25, 0.3) is 0 Å². The van der Waals surface area contributed by atoms with E-state index in [0.717, 1.165) is 25.9 Å². The first-order chi connectivity index (χ1) is 8.41. The van der Waals surface area contributed by atoms with Crippen molar-refractivity contribution >= 4 is 9.84 Å². The second-order valence-electron chi connectivity index (χ2n) is 5.78. The van der Waals surface area contributed by atoms with Crippen molar-refractivity contribution in [3.63, 3.8) is 0 Å². The summed E-state index contributed by atoms with van der Waals surface area (Å²) in [7, 11) is -2.74. The highest BCUT2D eigenvalue weighted by molar-refractivity contribution is 7.91. The Morgan fingerprint density at radius 2 is 1.78 bits per heavy atom. The summed E-state index contributed by atoms with van der Waals surface area (Å²) in [6, 6.07) is 0.501. The molecule has 0 aliphatic carbocycles. The zero-order valence-electron chi connectivity index (χ0n) is 12.0. The lowest BCUT2D eigenvalue weighted by Crippen LogP contribution is -2.45. The molecule has 108 valence electrons. The molecule has 1 aliphatic rings. The lowest BCUT2D eigenvalue weighted by Gasteiger charge is -2.32. The van der Waals surface area contributed by atoms with Crippen molar-refractivity contribution in [2.45, 2.75) is 39.7 Å². The molecule has 1 atom stereocenters. The second-order valence-corrected chi connectivity index (χ2v) is 8.08. The van der Waals surface area contributed by atoms with Gasteiger partial charge in [-0.15, -0.1) is 0 Å². The van der Waals surface area contributed by atoms with Gasteiger partial charge in [-0.2, -0.15) is 0 Å². The molecule has 0 bridgehead atoms. The number of sulfone groups is 1. The molecule has 1 unspecified atom stereocenters. The predicted molar refractivity (Wildman–Crippen MR) is 76.6 cm³/mol. The number of rotatable bonds is 7. The Kier molecular flexibility index (Phi) is 6.60. The minimum Gasteiger partial charge on any atom is -0.316 e. The lowest BCUT2D eigenvalue weighted by atomic mass is 10.1. The van der Waals surface area contributed by atoms with E-state index in [1.165, 1.54) is 0 Å². The summed E-state index contributed by atoms with van der Waals surface area (Å²) < 4.78 is 22.7. The van der Waals surface area contributed by atoms with Gasteiger partial charge in [0, 0.05) is 19.1 Å². The fraction of sp³-hybridized carbons (Fsp3) is 1.00. The Labute approximate surface area is 112 Å². The highest BCUT2D eigenvalue weighted by atomic mass is 32.2. The Morgan fingerprint density at radius 1 is 1.17 bits per heavy atom. The maximum Gasteiger partial charge on any atom is 0.152 e. The molecule has 1 aliphatic heterocycles. The van der Waals surface area contributed by atoms with Crippen LogP contribution in [0.1, 0.15) is 33.6 Å². The molecule has 0 spiro atoms. The van der Waals surface area contributed by atoms with Crippen LogP contribution < -0.4 is 5.32 Å². The third-order valence-electron chi connectivity index (χ3n) is 3.53. The van der Waals surface area contributed by atoms with Crippen molar-refractivity contribution in [3.05, 3.63) is 0 Å². The molecule has 5 heteroatoms. The highest BCUT2D eigenvalue weighted by Crippen LogP contribution is 2.11. The predicted octanol–water partition coefficient (Wildman–Crippen LogP) is 1.13. The zero-order valence-corrected chi connectivity index (χ0v) is 12.8. The van der Waals surface area contributed by atoms with Crippen molar-refractivity contribution in [1.82, 2.24) is 10.2 Å². The lowest BCUT2D eigenvalue weighted by molar-refractivity contribution is 0.213. The second kappa shape index (κ2) is 7.46. The molecule has 4 nitrogen and oxygen atoms in total. The smallest absolute Gasteiger partial charge is 0.152 e. The average molecular weight is 276 g/mol. The molecule has 0 saturated carbocycles. The van der Waals surface area contributed by atoms with Crippen molar-refractivity contribution in [1.29, 1.82) is 0 Å². The van der Waals surface area contributed by atoms with Crippen molar-refractivity contribution in [3.8, 4) is 0 Å². The van der Waals surface area contributed by atoms with Crippen LogP contribution in [0, 0.1) is 5.92 Å². The molecule has 1 rings (SSSR count). The van der Waals surface area contributed by atoms with Gasteiger partial charge in [0.05, 0.1) is 11.5 Å². The van der Waals surface area contributed by atoms with Crippen LogP contribution in [0.5, 0.6) is 0 Å². The fourth-order valence-electron chi connectivity index (χ4n) is 2.26. The molecule has 18 heavy (non-hydrogen) atoms. The van der Waals surface area contributed by atoms with E-state index in [0.29, 0.717) is 36.6 Å². The van der Waals surface area contributed by atoms with Gasteiger partial charge in [-0.1, -0.05) is 13.8 Å². The first-order valence-corrected chi connectivity index (χ1v) is 8.88. The summed E-state index contributed by atoms with van der Waals surface area (Å²) in [6.45, 7) is 10.2. The molecule has 0 radical (unpaired) electrons. The van der Waals surface area contributed by atoms with Crippen molar-refractivity contribution < 1.29 is 8.42 Å². The van der Waals surface area contributed by atoms with Crippen LogP contribution in [0.15, 0.2) is 0 Å². The normalized spacial score (nSPS) is 22.2. The number of hydrogen-bond acceptors (Lipinski definition) is 4. The maximum absolute atomic E-state index is 11.3. The molecule has 1 N–H and O–H groups in total. The molecule has 0 aromatic rings. The van der Waals surface area contributed by atoms with Gasteiger partial charge in [0.2, 0.25) is 0 Å². The van der Waals surface area contributed by atoms with E-state index >= 15 is 0 Å². The first-order valence-electron chi connectivity index (χ1n) is 7.06. The molecule has 1 heterocycles. The summed E-state index contributed by atoms with van der Waals surface area (Å²) in [5.41, 5.74) is 0. The quantitative estimate of drug-likeness (QED) is 0.708. The Balaban J connectivity index is 2.12. The molecule has 0 aromatic carbocycles. The number of nitrogens with one attached hydrogen (secondary N) is 1. The van der Waals surface area contributed by atoms with Gasteiger partial charge < -0.3 is 5.32 Å². The largest absolute Gasteiger partial charge is 0.316 e. The van der Waals surface area contributed by atoms with Gasteiger partial charge in [-0.3, -0.25) is 4.90 Å². The minimum absolute atomic E-state index is 0.336. The van der Waals surface area contributed by atoms with E-state index < -0.39 is 9.84 Å². The van der Waals surface area contributed by atoms with E-state index in [1.54, 1.807) is 0 Å². The van der Waals surface area contributed by atoms with Gasteiger partial charge >= 0.3 is 0 Å². The average Bonchev–Trinajstić information content (AvgIpc) is 2.27. The molecule has 0 aromatic heterocycles. The van der Waals surface area contributed by atoms with Crippen LogP contribution in [-0.2, 0) is 9.84 Å². The maximum atomic E-state index is 11.3. The Hall–Kier alpha value is -0.130. The van der Waals surface area contributed by atoms with Gasteiger partial charge in [-0.05, 0) is 38.8 Å². The topological polar surface area (TPSA) is 49.4 Å². The summed E-state index contributed by atoms with van der Waals surface area (Å²) in [5, 5.41) is 3.44. The Bertz CT molecular complexity index is 314. The minimum atomic E-state index is -2.74. The fourth-order valence-corrected chi connectivity index (χ4v) is 3.49. The van der Waals surface area contributed by atoms with Crippen LogP contribution >= 0.6 is 0 Å². The van der Waals surface area contributed by atoms with E-state index in [4.69, 9.17) is 0 Å². The summed E-state index contributed by atoms with van der Waals surface area (Å²) in [4.78, 5) is 2.31. The number of hydrogen-bond donors (Lipinski definition) is 1. The van der Waals surface area contributed by atoms with Crippen LogP contribution in [0.25, 0.3) is 0 Å². The standard InChI is InChI=1S/C13H28N2O2S/c1-12(2)11-14-6-4-5-13(3)15-7-9-18(16,17)10-8-15/h12-14H,4-11H2,1-3H3. The zero-order chi connectivity index (χ0) is 13.6.